The van der Waals surface area contributed by atoms with Crippen molar-refractivity contribution in [3.63, 3.8) is 0 Å². The van der Waals surface area contributed by atoms with Gasteiger partial charge in [0.15, 0.2) is 11.3 Å². The van der Waals surface area contributed by atoms with E-state index in [1.807, 2.05) is 6.92 Å². The molecule has 0 rings (SSSR count). The zero-order chi connectivity index (χ0) is 63.2. The Morgan fingerprint density at radius 2 is 0.560 bits per heavy atom. The molecule has 0 bridgehead atoms. The van der Waals surface area contributed by atoms with Crippen LogP contribution in [0.25, 0.3) is 0 Å². The lowest BCUT2D eigenvalue weighted by molar-refractivity contribution is -0.327. The molecule has 0 radical (unpaired) electrons. The van der Waals surface area contributed by atoms with Crippen molar-refractivity contribution >= 4 is 0 Å². The first-order valence-corrected chi connectivity index (χ1v) is 22.9. The second-order valence-electron chi connectivity index (χ2n) is 19.0. The minimum absolute atomic E-state index is 0.104. The van der Waals surface area contributed by atoms with E-state index in [1.54, 1.807) is 6.92 Å². The first kappa shape index (κ1) is 89.5. The average Bonchev–Trinajstić information content (AvgIpc) is 3.13. The number of hydrogen-bond donors (Lipinski definition) is 0. The molecule has 0 spiro atoms. The predicted molar refractivity (Wildman–Crippen MR) is 228 cm³/mol. The van der Waals surface area contributed by atoms with Gasteiger partial charge in [0, 0.05) is 12.8 Å². The maximum Gasteiger partial charge on any atom is 0.402 e. The van der Waals surface area contributed by atoms with Crippen LogP contribution in [-0.4, -0.2) is 61.8 Å². The molecule has 0 heterocycles. The number of alkyl halides is 30. The molecule has 466 valence electrons. The molecule has 0 fully saturated rings. The Bertz CT molecular complexity index is 1260. The van der Waals surface area contributed by atoms with Gasteiger partial charge in [0.05, 0.1) is 23.2 Å². The van der Waals surface area contributed by atoms with Gasteiger partial charge in [0.1, 0.15) is 0 Å². The summed E-state index contributed by atoms with van der Waals surface area (Å²) in [6.07, 6.45) is -47.0. The van der Waals surface area contributed by atoms with Gasteiger partial charge in [0.2, 0.25) is 0 Å². The van der Waals surface area contributed by atoms with Crippen molar-refractivity contribution < 1.29 is 132 Å². The van der Waals surface area contributed by atoms with E-state index in [-0.39, 0.29) is 39.5 Å². The summed E-state index contributed by atoms with van der Waals surface area (Å²) in [6.45, 7) is 22.2. The van der Waals surface area contributed by atoms with Crippen molar-refractivity contribution in [2.75, 3.05) is 0 Å². The molecule has 0 N–H and O–H groups in total. The minimum atomic E-state index is -5.24. The Hall–Kier alpha value is -2.10. The van der Waals surface area contributed by atoms with Crippen LogP contribution in [0.1, 0.15) is 181 Å². The monoisotopic (exact) mass is 1190 g/mol. The van der Waals surface area contributed by atoms with Gasteiger partial charge in [-0.1, -0.05) is 123 Å². The van der Waals surface area contributed by atoms with Crippen molar-refractivity contribution in [3.05, 3.63) is 0 Å². The predicted octanol–water partition coefficient (Wildman–Crippen LogP) is 23.8. The SMILES string of the molecule is CC(C)(C(F)(F)F)C(F)(F)F.CC(C)(C)C(F)(F)F.CC(C)C(C)C.CC(CCC(F)(F)F)C(F)(F)F.CCC(C)C(F)(F)F.CCCC(C(F)(F)F)C(F)(F)F.CCCC(C)C(F)(F)F.CCCCCC(F)(F)F. The third kappa shape index (κ3) is 56.4. The summed E-state index contributed by atoms with van der Waals surface area (Å²) in [4.78, 5) is 0. The van der Waals surface area contributed by atoms with Crippen LogP contribution in [0.4, 0.5) is 132 Å². The molecule has 0 nitrogen and oxygen atoms in total. The fourth-order valence-corrected chi connectivity index (χ4v) is 2.91. The molecule has 3 atom stereocenters. The molecule has 0 aliphatic heterocycles. The van der Waals surface area contributed by atoms with Gasteiger partial charge >= 0.3 is 61.8 Å². The van der Waals surface area contributed by atoms with Crippen molar-refractivity contribution in [2.45, 2.75) is 243 Å². The lowest BCUT2D eigenvalue weighted by Gasteiger charge is -2.29. The molecule has 0 saturated carbocycles. The molecular weight excluding hydrogens is 1110 g/mol. The number of unbranched alkanes of at least 4 members (excludes halogenated alkanes) is 2. The third-order valence-corrected chi connectivity index (χ3v) is 9.90. The molecular formula is C45H76F30. The van der Waals surface area contributed by atoms with Gasteiger partial charge in [-0.2, -0.15) is 132 Å². The quantitative estimate of drug-likeness (QED) is 0.143. The van der Waals surface area contributed by atoms with E-state index < -0.39 is 122 Å². The molecule has 0 amide bonds. The summed E-state index contributed by atoms with van der Waals surface area (Å²) < 4.78 is 347. The molecule has 0 aliphatic rings. The average molecular weight is 1190 g/mol. The Labute approximate surface area is 421 Å². The second kappa shape index (κ2) is 37.0. The summed E-state index contributed by atoms with van der Waals surface area (Å²) in [5, 5.41) is 0. The molecule has 0 aromatic carbocycles. The molecule has 30 heteroatoms. The fraction of sp³-hybridized carbons (Fsp3) is 1.00. The van der Waals surface area contributed by atoms with Crippen LogP contribution in [0.15, 0.2) is 0 Å². The van der Waals surface area contributed by atoms with Gasteiger partial charge < -0.3 is 0 Å². The van der Waals surface area contributed by atoms with Crippen molar-refractivity contribution in [2.24, 2.45) is 46.3 Å². The highest BCUT2D eigenvalue weighted by Crippen LogP contribution is 2.49. The van der Waals surface area contributed by atoms with E-state index in [0.717, 1.165) is 46.0 Å². The van der Waals surface area contributed by atoms with E-state index in [9.17, 15) is 132 Å². The zero-order valence-electron chi connectivity index (χ0n) is 44.6. The Balaban J connectivity index is -0.000000115. The van der Waals surface area contributed by atoms with Gasteiger partial charge in [-0.25, -0.2) is 0 Å². The number of halogens is 30. The van der Waals surface area contributed by atoms with E-state index >= 15 is 0 Å². The van der Waals surface area contributed by atoms with Crippen LogP contribution in [0.5, 0.6) is 0 Å². The molecule has 0 aliphatic carbocycles. The van der Waals surface area contributed by atoms with Crippen LogP contribution >= 0.6 is 0 Å². The summed E-state index contributed by atoms with van der Waals surface area (Å²) in [7, 11) is 0. The van der Waals surface area contributed by atoms with E-state index in [2.05, 4.69) is 27.7 Å². The maximum atomic E-state index is 11.7. The molecule has 0 aromatic heterocycles. The summed E-state index contributed by atoms with van der Waals surface area (Å²) in [5.74, 6) is -5.64. The molecule has 0 aromatic rings. The van der Waals surface area contributed by atoms with E-state index in [1.165, 1.54) is 27.7 Å². The van der Waals surface area contributed by atoms with Crippen LogP contribution in [0, 0.1) is 46.3 Å². The van der Waals surface area contributed by atoms with Crippen LogP contribution in [-0.2, 0) is 0 Å². The van der Waals surface area contributed by atoms with Gasteiger partial charge in [-0.15, -0.1) is 0 Å². The lowest BCUT2D eigenvalue weighted by Crippen LogP contribution is -2.44. The summed E-state index contributed by atoms with van der Waals surface area (Å²) >= 11 is 0. The van der Waals surface area contributed by atoms with Crippen molar-refractivity contribution in [1.29, 1.82) is 0 Å². The highest BCUT2D eigenvalue weighted by atomic mass is 19.5. The van der Waals surface area contributed by atoms with Crippen LogP contribution in [0.3, 0.4) is 0 Å². The Morgan fingerprint density at radius 3 is 0.667 bits per heavy atom. The molecule has 75 heavy (non-hydrogen) atoms. The Kier molecular flexibility index (Phi) is 44.1. The first-order valence-electron chi connectivity index (χ1n) is 22.9. The smallest absolute Gasteiger partial charge is 0.171 e. The van der Waals surface area contributed by atoms with E-state index in [0.29, 0.717) is 12.8 Å². The van der Waals surface area contributed by atoms with Crippen molar-refractivity contribution in [3.8, 4) is 0 Å². The normalized spacial score (nSPS) is 14.5. The Morgan fingerprint density at radius 1 is 0.293 bits per heavy atom. The summed E-state index contributed by atoms with van der Waals surface area (Å²) in [6, 6.07) is 0. The standard InChI is InChI=1S/2C6H8F6.2C6H11F3.C6H14.C5H6F6.2C5H9F3/c1-4(6(10,11)12)2-3-5(7,8)9;1-2-3-4(5(7,8)9)6(10,11)12;1-3-4-5(2)6(7,8)9;1-2-3-4-5-6(7,8)9;1-5(2)6(3)4;1-3(2,4(6,7)8)5(9,10)11;1-4(2,3)5(6,7)8;1-3-4(2)5(6,7)8/h2*4H,2-3H2,1H3;5H,3-4H2,1-2H3;2-5H2,1H3;5-6H,1-4H3;1-2H3;1-3H3;4H,3H2,1-2H3. The second-order valence-corrected chi connectivity index (χ2v) is 19.0. The van der Waals surface area contributed by atoms with Gasteiger partial charge in [-0.05, 0) is 57.8 Å². The zero-order valence-corrected chi connectivity index (χ0v) is 44.6. The van der Waals surface area contributed by atoms with E-state index in [4.69, 9.17) is 0 Å². The highest BCUT2D eigenvalue weighted by molar-refractivity contribution is 4.84. The first-order chi connectivity index (χ1) is 32.2. The molecule has 0 saturated heterocycles. The highest BCUT2D eigenvalue weighted by Gasteiger charge is 2.64. The van der Waals surface area contributed by atoms with Crippen LogP contribution in [0.2, 0.25) is 0 Å². The minimum Gasteiger partial charge on any atom is -0.171 e. The topological polar surface area (TPSA) is 0 Å². The largest absolute Gasteiger partial charge is 0.402 e. The third-order valence-electron chi connectivity index (χ3n) is 9.90. The fourth-order valence-electron chi connectivity index (χ4n) is 2.91. The van der Waals surface area contributed by atoms with Gasteiger partial charge in [0.25, 0.3) is 0 Å². The maximum absolute atomic E-state index is 11.7. The van der Waals surface area contributed by atoms with Gasteiger partial charge in [-0.3, -0.25) is 0 Å². The lowest BCUT2D eigenvalue weighted by atomic mass is 9.92. The number of rotatable bonds is 11. The molecule has 3 unspecified atom stereocenters. The van der Waals surface area contributed by atoms with Crippen LogP contribution < -0.4 is 0 Å². The van der Waals surface area contributed by atoms with Crippen molar-refractivity contribution in [1.82, 2.24) is 0 Å². The number of hydrogen-bond acceptors (Lipinski definition) is 0. The summed E-state index contributed by atoms with van der Waals surface area (Å²) in [5.41, 5.74) is -5.19.